The van der Waals surface area contributed by atoms with Crippen LogP contribution in [-0.2, 0) is 6.42 Å². The standard InChI is InChI=1S/C26H33N3O2/c1-30-22-13-10-19(11-14-22)16-21-12-15-23(28-21)24-17-26(31-2)25(29-24)18-27-20-8-6-4-3-5-7-9-20/h10-15,17-18,20,28-29H,3-9,16H2,1-2H3. The number of aliphatic imine (C=N–C) groups is 1. The first-order chi connectivity index (χ1) is 15.2. The first-order valence-corrected chi connectivity index (χ1v) is 11.4. The minimum atomic E-state index is 0.429. The van der Waals surface area contributed by atoms with Crippen LogP contribution in [0.4, 0.5) is 0 Å². The third-order valence-corrected chi connectivity index (χ3v) is 6.11. The number of nitrogens with one attached hydrogen (secondary N) is 2. The molecule has 3 aromatic rings. The van der Waals surface area contributed by atoms with Crippen molar-refractivity contribution in [3.8, 4) is 22.9 Å². The van der Waals surface area contributed by atoms with Crippen molar-refractivity contribution >= 4 is 6.21 Å². The van der Waals surface area contributed by atoms with E-state index in [2.05, 4.69) is 34.2 Å². The van der Waals surface area contributed by atoms with Crippen molar-refractivity contribution in [2.75, 3.05) is 14.2 Å². The van der Waals surface area contributed by atoms with Crippen molar-refractivity contribution in [3.05, 3.63) is 59.4 Å². The van der Waals surface area contributed by atoms with E-state index in [4.69, 9.17) is 14.5 Å². The van der Waals surface area contributed by atoms with E-state index in [1.165, 1.54) is 56.2 Å². The lowest BCUT2D eigenvalue weighted by Crippen LogP contribution is -2.07. The number of hydrogen-bond donors (Lipinski definition) is 2. The van der Waals surface area contributed by atoms with E-state index in [-0.39, 0.29) is 0 Å². The van der Waals surface area contributed by atoms with Gasteiger partial charge in [-0.3, -0.25) is 4.99 Å². The third-order valence-electron chi connectivity index (χ3n) is 6.11. The fraction of sp³-hybridized carbons (Fsp3) is 0.423. The second kappa shape index (κ2) is 10.4. The van der Waals surface area contributed by atoms with Gasteiger partial charge in [0, 0.05) is 24.4 Å². The van der Waals surface area contributed by atoms with Gasteiger partial charge in [-0.25, -0.2) is 0 Å². The molecule has 5 heteroatoms. The van der Waals surface area contributed by atoms with Crippen LogP contribution in [0, 0.1) is 0 Å². The maximum absolute atomic E-state index is 5.61. The lowest BCUT2D eigenvalue weighted by molar-refractivity contribution is 0.414. The third kappa shape index (κ3) is 5.60. The van der Waals surface area contributed by atoms with Crippen LogP contribution in [0.5, 0.6) is 11.5 Å². The number of hydrogen-bond acceptors (Lipinski definition) is 3. The van der Waals surface area contributed by atoms with Gasteiger partial charge < -0.3 is 19.4 Å². The molecule has 1 aliphatic rings. The maximum Gasteiger partial charge on any atom is 0.146 e. The van der Waals surface area contributed by atoms with Gasteiger partial charge in [0.25, 0.3) is 0 Å². The molecular weight excluding hydrogens is 386 g/mol. The van der Waals surface area contributed by atoms with Crippen LogP contribution >= 0.6 is 0 Å². The Balaban J connectivity index is 1.46. The summed E-state index contributed by atoms with van der Waals surface area (Å²) >= 11 is 0. The Morgan fingerprint density at radius 2 is 1.61 bits per heavy atom. The minimum Gasteiger partial charge on any atom is -0.497 e. The molecule has 2 aromatic heterocycles. The lowest BCUT2D eigenvalue weighted by atomic mass is 9.97. The molecule has 1 fully saturated rings. The van der Waals surface area contributed by atoms with Crippen LogP contribution in [0.3, 0.4) is 0 Å². The molecule has 1 aromatic carbocycles. The Hall–Kier alpha value is -2.95. The van der Waals surface area contributed by atoms with E-state index in [9.17, 15) is 0 Å². The average Bonchev–Trinajstić information content (AvgIpc) is 3.40. The quantitative estimate of drug-likeness (QED) is 0.451. The van der Waals surface area contributed by atoms with Crippen LogP contribution in [0.25, 0.3) is 11.4 Å². The normalized spacial score (nSPS) is 15.7. The van der Waals surface area contributed by atoms with Crippen LogP contribution in [0.1, 0.15) is 61.9 Å². The molecule has 2 N–H and O–H groups in total. The summed E-state index contributed by atoms with van der Waals surface area (Å²) < 4.78 is 10.8. The zero-order valence-electron chi connectivity index (χ0n) is 18.6. The van der Waals surface area contributed by atoms with Crippen molar-refractivity contribution < 1.29 is 9.47 Å². The summed E-state index contributed by atoms with van der Waals surface area (Å²) in [5.74, 6) is 1.71. The average molecular weight is 420 g/mol. The topological polar surface area (TPSA) is 62.4 Å². The molecule has 0 atom stereocenters. The Kier molecular flexibility index (Phi) is 7.13. The first-order valence-electron chi connectivity index (χ1n) is 11.4. The number of benzene rings is 1. The Bertz CT molecular complexity index is 977. The molecule has 0 saturated heterocycles. The van der Waals surface area contributed by atoms with Crippen LogP contribution in [0.15, 0.2) is 47.5 Å². The summed E-state index contributed by atoms with van der Waals surface area (Å²) in [6.07, 6.45) is 11.8. The predicted molar refractivity (Wildman–Crippen MR) is 127 cm³/mol. The van der Waals surface area contributed by atoms with E-state index in [1.807, 2.05) is 24.4 Å². The number of ether oxygens (including phenoxy) is 2. The molecule has 0 radical (unpaired) electrons. The van der Waals surface area contributed by atoms with E-state index < -0.39 is 0 Å². The predicted octanol–water partition coefficient (Wildman–Crippen LogP) is 6.15. The molecule has 0 unspecified atom stereocenters. The van der Waals surface area contributed by atoms with Crippen molar-refractivity contribution in [3.63, 3.8) is 0 Å². The van der Waals surface area contributed by atoms with Gasteiger partial charge in [-0.1, -0.05) is 44.2 Å². The highest BCUT2D eigenvalue weighted by Gasteiger charge is 2.13. The molecule has 0 aliphatic heterocycles. The molecule has 0 bridgehead atoms. The molecule has 31 heavy (non-hydrogen) atoms. The zero-order valence-corrected chi connectivity index (χ0v) is 18.6. The largest absolute Gasteiger partial charge is 0.497 e. The van der Waals surface area contributed by atoms with E-state index >= 15 is 0 Å². The van der Waals surface area contributed by atoms with Crippen LogP contribution < -0.4 is 9.47 Å². The maximum atomic E-state index is 5.61. The van der Waals surface area contributed by atoms with Gasteiger partial charge in [-0.15, -0.1) is 0 Å². The van der Waals surface area contributed by atoms with E-state index in [0.717, 1.165) is 35.0 Å². The van der Waals surface area contributed by atoms with Gasteiger partial charge >= 0.3 is 0 Å². The molecule has 1 aliphatic carbocycles. The van der Waals surface area contributed by atoms with Crippen LogP contribution in [0.2, 0.25) is 0 Å². The van der Waals surface area contributed by atoms with Gasteiger partial charge in [0.05, 0.1) is 37.3 Å². The van der Waals surface area contributed by atoms with Crippen molar-refractivity contribution in [2.24, 2.45) is 4.99 Å². The fourth-order valence-corrected chi connectivity index (χ4v) is 4.29. The minimum absolute atomic E-state index is 0.429. The highest BCUT2D eigenvalue weighted by molar-refractivity contribution is 5.83. The highest BCUT2D eigenvalue weighted by Crippen LogP contribution is 2.27. The van der Waals surface area contributed by atoms with Crippen molar-refractivity contribution in [1.82, 2.24) is 9.97 Å². The number of nitrogens with zero attached hydrogens (tertiary/aromatic N) is 1. The number of aromatic amines is 2. The molecule has 0 amide bonds. The summed E-state index contributed by atoms with van der Waals surface area (Å²) in [7, 11) is 3.40. The summed E-state index contributed by atoms with van der Waals surface area (Å²) in [5, 5.41) is 0. The summed E-state index contributed by atoms with van der Waals surface area (Å²) in [6, 6.07) is 14.9. The van der Waals surface area contributed by atoms with Gasteiger partial charge in [-0.05, 0) is 42.7 Å². The Morgan fingerprint density at radius 1 is 0.871 bits per heavy atom. The molecule has 5 nitrogen and oxygen atoms in total. The number of methoxy groups -OCH3 is 2. The molecule has 164 valence electrons. The van der Waals surface area contributed by atoms with Crippen molar-refractivity contribution in [1.29, 1.82) is 0 Å². The van der Waals surface area contributed by atoms with E-state index in [1.54, 1.807) is 14.2 Å². The number of aromatic nitrogens is 2. The second-order valence-corrected chi connectivity index (χ2v) is 8.36. The Labute approximate surface area is 184 Å². The molecule has 4 rings (SSSR count). The van der Waals surface area contributed by atoms with Gasteiger partial charge in [0.1, 0.15) is 11.5 Å². The monoisotopic (exact) mass is 419 g/mol. The second-order valence-electron chi connectivity index (χ2n) is 8.36. The fourth-order valence-electron chi connectivity index (χ4n) is 4.29. The van der Waals surface area contributed by atoms with Crippen LogP contribution in [-0.4, -0.2) is 36.4 Å². The van der Waals surface area contributed by atoms with Crippen molar-refractivity contribution in [2.45, 2.75) is 57.4 Å². The van der Waals surface area contributed by atoms with Gasteiger partial charge in [0.15, 0.2) is 0 Å². The smallest absolute Gasteiger partial charge is 0.146 e. The SMILES string of the molecule is COc1ccc(Cc2ccc(-c3cc(OC)c(C=NC4CCCCCCC4)[nH]3)[nH]2)cc1. The summed E-state index contributed by atoms with van der Waals surface area (Å²) in [4.78, 5) is 11.9. The lowest BCUT2D eigenvalue weighted by Gasteiger charge is -2.15. The molecular formula is C26H33N3O2. The zero-order chi connectivity index (χ0) is 21.5. The summed E-state index contributed by atoms with van der Waals surface area (Å²) in [5.41, 5.74) is 5.40. The first kappa shape index (κ1) is 21.3. The molecule has 1 saturated carbocycles. The number of H-pyrrole nitrogens is 2. The molecule has 0 spiro atoms. The Morgan fingerprint density at radius 3 is 2.32 bits per heavy atom. The van der Waals surface area contributed by atoms with Gasteiger partial charge in [-0.2, -0.15) is 0 Å². The van der Waals surface area contributed by atoms with Gasteiger partial charge in [0.2, 0.25) is 0 Å². The highest BCUT2D eigenvalue weighted by atomic mass is 16.5. The van der Waals surface area contributed by atoms with E-state index in [0.29, 0.717) is 6.04 Å². The molecule has 2 heterocycles. The number of rotatable bonds is 7. The summed E-state index contributed by atoms with van der Waals surface area (Å²) in [6.45, 7) is 0.